The zero-order chi connectivity index (χ0) is 20.2. The van der Waals surface area contributed by atoms with Gasteiger partial charge in [-0.2, -0.15) is 18.3 Å². The molecule has 0 spiro atoms. The summed E-state index contributed by atoms with van der Waals surface area (Å²) in [5.74, 6) is 0. The second kappa shape index (κ2) is 7.96. The average molecular weight is 405 g/mol. The first-order valence-corrected chi connectivity index (χ1v) is 9.55. The number of halogens is 3. The molecule has 2 aromatic rings. The summed E-state index contributed by atoms with van der Waals surface area (Å²) in [4.78, 5) is 13.3. The number of carbonyl (C=O) groups is 1. The van der Waals surface area contributed by atoms with Crippen LogP contribution in [0, 0.1) is 0 Å². The van der Waals surface area contributed by atoms with Crippen LogP contribution in [-0.2, 0) is 16.2 Å². The van der Waals surface area contributed by atoms with Gasteiger partial charge in [-0.1, -0.05) is 0 Å². The van der Waals surface area contributed by atoms with Crippen LogP contribution in [0.5, 0.6) is 0 Å². The molecule has 0 aliphatic carbocycles. The van der Waals surface area contributed by atoms with Crippen molar-refractivity contribution in [1.82, 2.24) is 19.4 Å². The van der Waals surface area contributed by atoms with Crippen molar-refractivity contribution in [3.05, 3.63) is 42.2 Å². The van der Waals surface area contributed by atoms with Crippen molar-refractivity contribution in [2.45, 2.75) is 6.18 Å². The summed E-state index contributed by atoms with van der Waals surface area (Å²) in [7, 11) is -1.86. The summed E-state index contributed by atoms with van der Waals surface area (Å²) >= 11 is 0. The van der Waals surface area contributed by atoms with Crippen LogP contribution in [-0.4, -0.2) is 55.5 Å². The van der Waals surface area contributed by atoms with E-state index in [1.807, 2.05) is 0 Å². The maximum absolute atomic E-state index is 12.9. The Bertz CT molecular complexity index is 894. The first-order valence-electron chi connectivity index (χ1n) is 7.66. The summed E-state index contributed by atoms with van der Waals surface area (Å²) in [6.07, 6.45) is -2.47. The SMILES string of the molecule is CN(CCNS(C)(=O)=O)C(=O)Nc1ccc(-n2nccc2C(F)(F)F)cc1. The van der Waals surface area contributed by atoms with E-state index in [-0.39, 0.29) is 18.8 Å². The van der Waals surface area contributed by atoms with Gasteiger partial charge in [-0.3, -0.25) is 0 Å². The molecular formula is C15H18F3N5O3S. The molecule has 0 fully saturated rings. The van der Waals surface area contributed by atoms with Crippen LogP contribution in [0.15, 0.2) is 36.5 Å². The van der Waals surface area contributed by atoms with Crippen LogP contribution in [0.25, 0.3) is 5.69 Å². The second-order valence-electron chi connectivity index (χ2n) is 5.69. The van der Waals surface area contributed by atoms with Crippen LogP contribution < -0.4 is 10.0 Å². The largest absolute Gasteiger partial charge is 0.433 e. The number of anilines is 1. The van der Waals surface area contributed by atoms with E-state index >= 15 is 0 Å². The van der Waals surface area contributed by atoms with Crippen LogP contribution >= 0.6 is 0 Å². The first-order chi connectivity index (χ1) is 12.5. The van der Waals surface area contributed by atoms with Gasteiger partial charge in [0.2, 0.25) is 10.0 Å². The summed E-state index contributed by atoms with van der Waals surface area (Å²) in [5, 5.41) is 6.23. The van der Waals surface area contributed by atoms with Crippen molar-refractivity contribution in [1.29, 1.82) is 0 Å². The van der Waals surface area contributed by atoms with Crippen LogP contribution in [0.3, 0.4) is 0 Å². The highest BCUT2D eigenvalue weighted by Gasteiger charge is 2.35. The maximum Gasteiger partial charge on any atom is 0.433 e. The van der Waals surface area contributed by atoms with Gasteiger partial charge in [0.25, 0.3) is 0 Å². The smallest absolute Gasteiger partial charge is 0.326 e. The molecule has 12 heteroatoms. The quantitative estimate of drug-likeness (QED) is 0.767. The van der Waals surface area contributed by atoms with E-state index in [4.69, 9.17) is 0 Å². The number of urea groups is 1. The van der Waals surface area contributed by atoms with Gasteiger partial charge in [-0.25, -0.2) is 22.6 Å². The molecule has 1 aromatic carbocycles. The summed E-state index contributed by atoms with van der Waals surface area (Å²) in [6.45, 7) is 0.195. The molecule has 2 rings (SSSR count). The fourth-order valence-corrected chi connectivity index (χ4v) is 2.59. The number of hydrogen-bond acceptors (Lipinski definition) is 4. The van der Waals surface area contributed by atoms with E-state index in [0.717, 1.165) is 23.2 Å². The molecule has 8 nitrogen and oxygen atoms in total. The number of likely N-dealkylation sites (N-methyl/N-ethyl adjacent to an activating group) is 1. The summed E-state index contributed by atoms with van der Waals surface area (Å²) in [5.41, 5.74) is -0.346. The van der Waals surface area contributed by atoms with Gasteiger partial charge in [0.1, 0.15) is 5.69 Å². The third kappa shape index (κ3) is 5.96. The Balaban J connectivity index is 2.00. The van der Waals surface area contributed by atoms with Crippen molar-refractivity contribution in [3.63, 3.8) is 0 Å². The molecule has 0 radical (unpaired) electrons. The van der Waals surface area contributed by atoms with Crippen molar-refractivity contribution < 1.29 is 26.4 Å². The minimum Gasteiger partial charge on any atom is -0.326 e. The molecular weight excluding hydrogens is 387 g/mol. The molecule has 0 aliphatic heterocycles. The molecule has 0 atom stereocenters. The number of nitrogens with zero attached hydrogens (tertiary/aromatic N) is 3. The van der Waals surface area contributed by atoms with E-state index in [1.54, 1.807) is 0 Å². The maximum atomic E-state index is 12.9. The lowest BCUT2D eigenvalue weighted by Crippen LogP contribution is -2.38. The number of amides is 2. The Morgan fingerprint density at radius 1 is 1.22 bits per heavy atom. The highest BCUT2D eigenvalue weighted by atomic mass is 32.2. The minimum absolute atomic E-state index is 0.0568. The summed E-state index contributed by atoms with van der Waals surface area (Å²) < 4.78 is 63.7. The Labute approximate surface area is 154 Å². The number of benzene rings is 1. The number of rotatable bonds is 6. The predicted molar refractivity (Wildman–Crippen MR) is 93.1 cm³/mol. The van der Waals surface area contributed by atoms with E-state index in [1.165, 1.54) is 36.2 Å². The monoisotopic (exact) mass is 405 g/mol. The molecule has 27 heavy (non-hydrogen) atoms. The topological polar surface area (TPSA) is 96.3 Å². The van der Waals surface area contributed by atoms with E-state index in [0.29, 0.717) is 5.69 Å². The fourth-order valence-electron chi connectivity index (χ4n) is 2.13. The number of hydrogen-bond donors (Lipinski definition) is 2. The van der Waals surface area contributed by atoms with E-state index in [9.17, 15) is 26.4 Å². The zero-order valence-electron chi connectivity index (χ0n) is 14.5. The van der Waals surface area contributed by atoms with Crippen molar-refractivity contribution in [2.75, 3.05) is 31.7 Å². The highest BCUT2D eigenvalue weighted by molar-refractivity contribution is 7.88. The minimum atomic E-state index is -4.54. The Kier molecular flexibility index (Phi) is 6.11. The van der Waals surface area contributed by atoms with Gasteiger partial charge < -0.3 is 10.2 Å². The third-order valence-corrected chi connectivity index (χ3v) is 4.18. The fraction of sp³-hybridized carbons (Fsp3) is 0.333. The van der Waals surface area contributed by atoms with E-state index in [2.05, 4.69) is 15.1 Å². The van der Waals surface area contributed by atoms with Crippen molar-refractivity contribution >= 4 is 21.7 Å². The third-order valence-electron chi connectivity index (χ3n) is 3.45. The zero-order valence-corrected chi connectivity index (χ0v) is 15.3. The Hall–Kier alpha value is -2.60. The van der Waals surface area contributed by atoms with E-state index < -0.39 is 27.9 Å². The van der Waals surface area contributed by atoms with Gasteiger partial charge in [-0.15, -0.1) is 0 Å². The number of sulfonamides is 1. The summed E-state index contributed by atoms with van der Waals surface area (Å²) in [6, 6.07) is 6.05. The first kappa shape index (κ1) is 20.7. The number of carbonyl (C=O) groups excluding carboxylic acids is 1. The van der Waals surface area contributed by atoms with Crippen LogP contribution in [0.1, 0.15) is 5.69 Å². The molecule has 0 bridgehead atoms. The molecule has 0 saturated heterocycles. The van der Waals surface area contributed by atoms with Gasteiger partial charge in [-0.05, 0) is 30.3 Å². The lowest BCUT2D eigenvalue weighted by atomic mass is 10.2. The number of aromatic nitrogens is 2. The normalized spacial score (nSPS) is 12.0. The van der Waals surface area contributed by atoms with Gasteiger partial charge >= 0.3 is 12.2 Å². The number of nitrogens with one attached hydrogen (secondary N) is 2. The van der Waals surface area contributed by atoms with Crippen LogP contribution in [0.2, 0.25) is 0 Å². The highest BCUT2D eigenvalue weighted by Crippen LogP contribution is 2.30. The molecule has 0 unspecified atom stereocenters. The molecule has 2 N–H and O–H groups in total. The van der Waals surface area contributed by atoms with Crippen molar-refractivity contribution in [2.24, 2.45) is 0 Å². The molecule has 1 aromatic heterocycles. The van der Waals surface area contributed by atoms with Crippen molar-refractivity contribution in [3.8, 4) is 5.69 Å². The molecule has 148 valence electrons. The molecule has 0 saturated carbocycles. The Morgan fingerprint density at radius 3 is 2.41 bits per heavy atom. The second-order valence-corrected chi connectivity index (χ2v) is 7.52. The number of alkyl halides is 3. The predicted octanol–water partition coefficient (Wildman–Crippen LogP) is 1.90. The lowest BCUT2D eigenvalue weighted by molar-refractivity contribution is -0.142. The van der Waals surface area contributed by atoms with Gasteiger partial charge in [0.05, 0.1) is 18.1 Å². The molecule has 0 aliphatic rings. The van der Waals surface area contributed by atoms with Gasteiger partial charge in [0.15, 0.2) is 0 Å². The Morgan fingerprint density at radius 2 is 1.85 bits per heavy atom. The molecule has 1 heterocycles. The average Bonchev–Trinajstić information content (AvgIpc) is 3.04. The molecule has 2 amide bonds. The standard InChI is InChI=1S/C15H18F3N5O3S/c1-22(10-9-20-27(2,25)26)14(24)21-11-3-5-12(6-4-11)23-13(7-8-19-23)15(16,17)18/h3-8,20H,9-10H2,1-2H3,(H,21,24). The lowest BCUT2D eigenvalue weighted by Gasteiger charge is -2.18. The van der Waals surface area contributed by atoms with Gasteiger partial charge in [0, 0.05) is 25.8 Å². The van der Waals surface area contributed by atoms with Crippen LogP contribution in [0.4, 0.5) is 23.7 Å².